The third-order valence-electron chi connectivity index (χ3n) is 3.10. The highest BCUT2D eigenvalue weighted by molar-refractivity contribution is 5.71. The van der Waals surface area contributed by atoms with Crippen molar-refractivity contribution in [2.24, 2.45) is 17.3 Å². The van der Waals surface area contributed by atoms with E-state index in [1.54, 1.807) is 0 Å². The molecular weight excluding hydrogens is 188 g/mol. The van der Waals surface area contributed by atoms with Gasteiger partial charge in [-0.2, -0.15) is 0 Å². The van der Waals surface area contributed by atoms with Crippen LogP contribution in [-0.4, -0.2) is 12.6 Å². The van der Waals surface area contributed by atoms with E-state index in [9.17, 15) is 4.79 Å². The van der Waals surface area contributed by atoms with E-state index in [0.717, 1.165) is 6.42 Å². The van der Waals surface area contributed by atoms with Crippen molar-refractivity contribution in [3.8, 4) is 0 Å². The highest BCUT2D eigenvalue weighted by Crippen LogP contribution is 2.41. The second-order valence-corrected chi connectivity index (χ2v) is 5.57. The zero-order valence-electron chi connectivity index (χ0n) is 10.5. The predicted octanol–water partition coefficient (Wildman–Crippen LogP) is 3.18. The first-order valence-corrected chi connectivity index (χ1v) is 5.67. The summed E-state index contributed by atoms with van der Waals surface area (Å²) in [6.45, 7) is 10.9. The summed E-state index contributed by atoms with van der Waals surface area (Å²) in [5.41, 5.74) is 1.65. The Bertz CT molecular complexity index is 274. The summed E-state index contributed by atoms with van der Waals surface area (Å²) < 4.78 is 5.29. The summed E-state index contributed by atoms with van der Waals surface area (Å²) in [7, 11) is 0. The second kappa shape index (κ2) is 4.38. The fraction of sp³-hybridized carbons (Fsp3) is 0.769. The number of carbonyl (C=O) groups is 1. The van der Waals surface area contributed by atoms with Crippen molar-refractivity contribution in [1.29, 1.82) is 0 Å². The Hall–Kier alpha value is -0.790. The number of hydrogen-bond donors (Lipinski definition) is 0. The number of hydrogen-bond acceptors (Lipinski definition) is 2. The summed E-state index contributed by atoms with van der Waals surface area (Å²) >= 11 is 0. The maximum absolute atomic E-state index is 11.3. The molecule has 1 aliphatic carbocycles. The van der Waals surface area contributed by atoms with Gasteiger partial charge in [0.2, 0.25) is 0 Å². The molecule has 1 atom stereocenters. The molecule has 0 unspecified atom stereocenters. The minimum Gasteiger partial charge on any atom is -0.465 e. The van der Waals surface area contributed by atoms with E-state index in [1.165, 1.54) is 5.57 Å². The molecule has 0 radical (unpaired) electrons. The van der Waals surface area contributed by atoms with E-state index in [-0.39, 0.29) is 17.3 Å². The van der Waals surface area contributed by atoms with E-state index in [0.29, 0.717) is 12.5 Å². The van der Waals surface area contributed by atoms with Crippen molar-refractivity contribution < 1.29 is 9.53 Å². The van der Waals surface area contributed by atoms with Crippen LogP contribution in [0.3, 0.4) is 0 Å². The molecule has 1 rings (SSSR count). The zero-order chi connectivity index (χ0) is 11.6. The Balaban J connectivity index is 2.49. The average molecular weight is 210 g/mol. The summed E-state index contributed by atoms with van der Waals surface area (Å²) in [5.74, 6) is 0.253. The smallest absolute Gasteiger partial charge is 0.308 e. The van der Waals surface area contributed by atoms with E-state index < -0.39 is 0 Å². The fourth-order valence-electron chi connectivity index (χ4n) is 2.09. The summed E-state index contributed by atoms with van der Waals surface area (Å²) in [6, 6.07) is 0. The molecule has 0 aromatic heterocycles. The number of carbonyl (C=O) groups excluding carboxylic acids is 1. The van der Waals surface area contributed by atoms with Crippen molar-refractivity contribution >= 4 is 5.97 Å². The quantitative estimate of drug-likeness (QED) is 0.528. The number of esters is 1. The van der Waals surface area contributed by atoms with Gasteiger partial charge in [-0.25, -0.2) is 0 Å². The number of allylic oxidation sites excluding steroid dienone is 1. The lowest BCUT2D eigenvalue weighted by atomic mass is 9.81. The van der Waals surface area contributed by atoms with Gasteiger partial charge >= 0.3 is 5.97 Å². The van der Waals surface area contributed by atoms with Gasteiger partial charge < -0.3 is 4.74 Å². The van der Waals surface area contributed by atoms with Crippen LogP contribution >= 0.6 is 0 Å². The number of ether oxygens (including phenoxy) is 1. The molecule has 2 heteroatoms. The van der Waals surface area contributed by atoms with Crippen molar-refractivity contribution in [3.05, 3.63) is 11.6 Å². The van der Waals surface area contributed by atoms with Gasteiger partial charge in [-0.15, -0.1) is 0 Å². The molecule has 0 saturated carbocycles. The second-order valence-electron chi connectivity index (χ2n) is 5.57. The highest BCUT2D eigenvalue weighted by atomic mass is 16.5. The Kier molecular flexibility index (Phi) is 3.58. The molecule has 0 amide bonds. The Morgan fingerprint density at radius 1 is 1.60 bits per heavy atom. The zero-order valence-corrected chi connectivity index (χ0v) is 10.5. The van der Waals surface area contributed by atoms with Crippen LogP contribution < -0.4 is 0 Å². The normalized spacial score (nSPS) is 24.1. The highest BCUT2D eigenvalue weighted by Gasteiger charge is 2.34. The molecule has 15 heavy (non-hydrogen) atoms. The molecule has 0 aliphatic heterocycles. The molecule has 1 aliphatic rings. The van der Waals surface area contributed by atoms with E-state index in [2.05, 4.69) is 26.8 Å². The molecule has 86 valence electrons. The molecule has 2 nitrogen and oxygen atoms in total. The van der Waals surface area contributed by atoms with Gasteiger partial charge in [0.15, 0.2) is 0 Å². The van der Waals surface area contributed by atoms with Gasteiger partial charge in [-0.05, 0) is 18.8 Å². The third kappa shape index (κ3) is 3.08. The van der Waals surface area contributed by atoms with Crippen LogP contribution in [0.2, 0.25) is 0 Å². The van der Waals surface area contributed by atoms with Crippen molar-refractivity contribution in [2.75, 3.05) is 6.61 Å². The van der Waals surface area contributed by atoms with Gasteiger partial charge in [-0.3, -0.25) is 4.79 Å². The molecule has 0 aromatic carbocycles. The summed E-state index contributed by atoms with van der Waals surface area (Å²) in [4.78, 5) is 11.3. The van der Waals surface area contributed by atoms with Gasteiger partial charge in [0.1, 0.15) is 0 Å². The lowest BCUT2D eigenvalue weighted by Gasteiger charge is -2.26. The van der Waals surface area contributed by atoms with E-state index in [1.807, 2.05) is 13.8 Å². The molecular formula is C13H22O2. The third-order valence-corrected chi connectivity index (χ3v) is 3.10. The average Bonchev–Trinajstić information content (AvgIpc) is 2.34. The van der Waals surface area contributed by atoms with Crippen LogP contribution in [0.4, 0.5) is 0 Å². The molecule has 0 saturated heterocycles. The first-order chi connectivity index (χ1) is 6.83. The Labute approximate surface area is 92.7 Å². The SMILES string of the molecule is CC1=C[C@H](COC(=O)C(C)C)C(C)(C)C1. The van der Waals surface area contributed by atoms with Gasteiger partial charge in [-0.1, -0.05) is 39.3 Å². The largest absolute Gasteiger partial charge is 0.465 e. The Morgan fingerprint density at radius 2 is 2.20 bits per heavy atom. The molecule has 0 N–H and O–H groups in total. The van der Waals surface area contributed by atoms with Gasteiger partial charge in [0.05, 0.1) is 12.5 Å². The Morgan fingerprint density at radius 3 is 2.60 bits per heavy atom. The first kappa shape index (κ1) is 12.3. The minimum atomic E-state index is -0.0937. The molecule has 0 fully saturated rings. The topological polar surface area (TPSA) is 26.3 Å². The summed E-state index contributed by atoms with van der Waals surface area (Å²) in [6.07, 6.45) is 3.35. The van der Waals surface area contributed by atoms with Crippen LogP contribution in [0.1, 0.15) is 41.0 Å². The fourth-order valence-corrected chi connectivity index (χ4v) is 2.09. The monoisotopic (exact) mass is 210 g/mol. The van der Waals surface area contributed by atoms with Gasteiger partial charge in [0.25, 0.3) is 0 Å². The van der Waals surface area contributed by atoms with Crippen molar-refractivity contribution in [1.82, 2.24) is 0 Å². The van der Waals surface area contributed by atoms with Crippen molar-refractivity contribution in [3.63, 3.8) is 0 Å². The lowest BCUT2D eigenvalue weighted by Crippen LogP contribution is -2.25. The summed E-state index contributed by atoms with van der Waals surface area (Å²) in [5, 5.41) is 0. The minimum absolute atomic E-state index is 0.0282. The molecule has 0 bridgehead atoms. The van der Waals surface area contributed by atoms with E-state index >= 15 is 0 Å². The van der Waals surface area contributed by atoms with Crippen LogP contribution in [0.25, 0.3) is 0 Å². The molecule has 0 spiro atoms. The standard InChI is InChI=1S/C13H22O2/c1-9(2)12(14)15-8-11-6-10(3)7-13(11,4)5/h6,9,11H,7-8H2,1-5H3/t11-/m1/s1. The first-order valence-electron chi connectivity index (χ1n) is 5.67. The lowest BCUT2D eigenvalue weighted by molar-refractivity contribution is -0.149. The van der Waals surface area contributed by atoms with E-state index in [4.69, 9.17) is 4.74 Å². The van der Waals surface area contributed by atoms with Gasteiger partial charge in [0, 0.05) is 5.92 Å². The maximum Gasteiger partial charge on any atom is 0.308 e. The van der Waals surface area contributed by atoms with Crippen LogP contribution in [-0.2, 0) is 9.53 Å². The van der Waals surface area contributed by atoms with Crippen LogP contribution in [0.15, 0.2) is 11.6 Å². The molecule has 0 heterocycles. The van der Waals surface area contributed by atoms with Crippen LogP contribution in [0, 0.1) is 17.3 Å². The van der Waals surface area contributed by atoms with Crippen LogP contribution in [0.5, 0.6) is 0 Å². The maximum atomic E-state index is 11.3. The van der Waals surface area contributed by atoms with Crippen molar-refractivity contribution in [2.45, 2.75) is 41.0 Å². The molecule has 0 aromatic rings. The predicted molar refractivity (Wildman–Crippen MR) is 61.4 cm³/mol. The number of rotatable bonds is 3.